The minimum absolute atomic E-state index is 0.0254. The van der Waals surface area contributed by atoms with Crippen LogP contribution in [0.1, 0.15) is 38.9 Å². The highest BCUT2D eigenvalue weighted by atomic mass is 16.7. The van der Waals surface area contributed by atoms with Crippen LogP contribution in [-0.4, -0.2) is 69.6 Å². The molecule has 14 nitrogen and oxygen atoms in total. The molecule has 3 heterocycles. The number of hydrogen-bond acceptors (Lipinski definition) is 11. The van der Waals surface area contributed by atoms with Crippen LogP contribution in [0.2, 0.25) is 0 Å². The lowest BCUT2D eigenvalue weighted by atomic mass is 9.90. The number of hydrogen-bond donors (Lipinski definition) is 1. The maximum atomic E-state index is 12.6. The number of nitro benzene ring substituents is 1. The number of hydrazone groups is 1. The van der Waals surface area contributed by atoms with Gasteiger partial charge in [-0.1, -0.05) is 0 Å². The van der Waals surface area contributed by atoms with E-state index in [2.05, 4.69) is 31.0 Å². The molecule has 0 bridgehead atoms. The van der Waals surface area contributed by atoms with Crippen LogP contribution in [0.25, 0.3) is 5.69 Å². The summed E-state index contributed by atoms with van der Waals surface area (Å²) in [6.45, 7) is 0.905. The van der Waals surface area contributed by atoms with Gasteiger partial charge >= 0.3 is 0 Å². The summed E-state index contributed by atoms with van der Waals surface area (Å²) in [6, 6.07) is 14.3. The molecule has 1 atom stereocenters. The molecule has 3 aromatic carbocycles. The number of nitro groups is 1. The van der Waals surface area contributed by atoms with Crippen LogP contribution in [0.4, 0.5) is 5.69 Å². The number of fused-ring (bicyclic) bond motifs is 2. The summed E-state index contributed by atoms with van der Waals surface area (Å²) in [7, 11) is 3.60. The molecule has 2 aliphatic rings. The number of methoxy groups -OCH3 is 1. The van der Waals surface area contributed by atoms with E-state index in [1.54, 1.807) is 36.1 Å². The van der Waals surface area contributed by atoms with Crippen LogP contribution >= 0.6 is 0 Å². The van der Waals surface area contributed by atoms with E-state index in [0.717, 1.165) is 24.1 Å². The van der Waals surface area contributed by atoms with Crippen LogP contribution in [0, 0.1) is 10.1 Å². The molecule has 2 aliphatic heterocycles. The van der Waals surface area contributed by atoms with Crippen LogP contribution in [-0.2, 0) is 6.42 Å². The van der Waals surface area contributed by atoms with Gasteiger partial charge in [-0.05, 0) is 77.5 Å². The van der Waals surface area contributed by atoms with E-state index in [9.17, 15) is 14.9 Å². The molecule has 1 amide bonds. The van der Waals surface area contributed by atoms with Crippen molar-refractivity contribution in [2.24, 2.45) is 5.10 Å². The van der Waals surface area contributed by atoms with Gasteiger partial charge in [0.1, 0.15) is 6.04 Å². The molecule has 0 aliphatic carbocycles. The number of nitrogens with one attached hydrogen (secondary N) is 1. The Kier molecular flexibility index (Phi) is 6.73. The van der Waals surface area contributed by atoms with Crippen molar-refractivity contribution in [3.05, 3.63) is 92.8 Å². The van der Waals surface area contributed by atoms with E-state index < -0.39 is 10.8 Å². The second-order valence-corrected chi connectivity index (χ2v) is 9.39. The van der Waals surface area contributed by atoms with E-state index in [1.165, 1.54) is 30.5 Å². The number of carbonyl (C=O) groups excluding carboxylic acids is 1. The van der Waals surface area contributed by atoms with Crippen molar-refractivity contribution >= 4 is 17.8 Å². The van der Waals surface area contributed by atoms with Crippen LogP contribution < -0.4 is 19.6 Å². The molecular weight excluding hydrogens is 532 g/mol. The predicted molar refractivity (Wildman–Crippen MR) is 145 cm³/mol. The van der Waals surface area contributed by atoms with Gasteiger partial charge in [0, 0.05) is 29.8 Å². The van der Waals surface area contributed by atoms with E-state index in [-0.39, 0.29) is 18.5 Å². The SMILES string of the molecule is COc1c2c(cc3c1[C@@H](c1nnnn1-c1ccc(C(=O)N/N=C\c4ccc([N+](=O)[O-])cc4)cc1)N(C)CC3)OCO2. The molecule has 0 fully saturated rings. The van der Waals surface area contributed by atoms with E-state index >= 15 is 0 Å². The Hall–Kier alpha value is -5.37. The van der Waals surface area contributed by atoms with Gasteiger partial charge in [-0.3, -0.25) is 19.8 Å². The molecule has 208 valence electrons. The van der Waals surface area contributed by atoms with E-state index in [0.29, 0.717) is 39.9 Å². The zero-order valence-electron chi connectivity index (χ0n) is 22.1. The molecule has 0 radical (unpaired) electrons. The third-order valence-electron chi connectivity index (χ3n) is 6.99. The number of non-ortho nitro benzene ring substituents is 1. The fourth-order valence-corrected chi connectivity index (χ4v) is 4.97. The molecular formula is C27H24N8O6. The molecule has 41 heavy (non-hydrogen) atoms. The second kappa shape index (κ2) is 10.7. The zero-order chi connectivity index (χ0) is 28.5. The number of ether oxygens (including phenoxy) is 3. The zero-order valence-corrected chi connectivity index (χ0v) is 22.1. The Morgan fingerprint density at radius 2 is 1.98 bits per heavy atom. The average Bonchev–Trinajstić information content (AvgIpc) is 3.66. The minimum atomic E-state index is -0.483. The summed E-state index contributed by atoms with van der Waals surface area (Å²) >= 11 is 0. The Morgan fingerprint density at radius 3 is 2.71 bits per heavy atom. The fourth-order valence-electron chi connectivity index (χ4n) is 4.97. The minimum Gasteiger partial charge on any atom is -0.492 e. The number of likely N-dealkylation sites (N-methyl/N-ethyl adjacent to an activating group) is 1. The van der Waals surface area contributed by atoms with Gasteiger partial charge in [0.15, 0.2) is 17.3 Å². The number of nitrogens with zero attached hydrogens (tertiary/aromatic N) is 7. The highest BCUT2D eigenvalue weighted by molar-refractivity contribution is 5.95. The lowest BCUT2D eigenvalue weighted by Crippen LogP contribution is -2.35. The third kappa shape index (κ3) is 4.80. The summed E-state index contributed by atoms with van der Waals surface area (Å²) in [4.78, 5) is 25.1. The van der Waals surface area contributed by atoms with Crippen molar-refractivity contribution in [1.29, 1.82) is 0 Å². The Bertz CT molecular complexity index is 1650. The Labute approximate surface area is 233 Å². The molecule has 0 unspecified atom stereocenters. The summed E-state index contributed by atoms with van der Waals surface area (Å²) < 4.78 is 18.8. The van der Waals surface area contributed by atoms with Crippen molar-refractivity contribution in [2.75, 3.05) is 27.5 Å². The van der Waals surface area contributed by atoms with Gasteiger partial charge in [-0.15, -0.1) is 5.10 Å². The smallest absolute Gasteiger partial charge is 0.271 e. The topological polar surface area (TPSA) is 159 Å². The van der Waals surface area contributed by atoms with Crippen molar-refractivity contribution in [1.82, 2.24) is 30.5 Å². The molecule has 0 saturated carbocycles. The monoisotopic (exact) mass is 556 g/mol. The highest BCUT2D eigenvalue weighted by Gasteiger charge is 2.37. The summed E-state index contributed by atoms with van der Waals surface area (Å²) in [5.74, 6) is 1.98. The first-order valence-corrected chi connectivity index (χ1v) is 12.6. The maximum absolute atomic E-state index is 12.6. The van der Waals surface area contributed by atoms with E-state index in [4.69, 9.17) is 14.2 Å². The lowest BCUT2D eigenvalue weighted by Gasteiger charge is -2.34. The maximum Gasteiger partial charge on any atom is 0.271 e. The third-order valence-corrected chi connectivity index (χ3v) is 6.99. The molecule has 6 rings (SSSR count). The van der Waals surface area contributed by atoms with Gasteiger partial charge in [-0.2, -0.15) is 9.78 Å². The molecule has 0 spiro atoms. The van der Waals surface area contributed by atoms with Gasteiger partial charge in [0.2, 0.25) is 12.5 Å². The molecule has 0 saturated heterocycles. The van der Waals surface area contributed by atoms with E-state index in [1.807, 2.05) is 13.1 Å². The lowest BCUT2D eigenvalue weighted by molar-refractivity contribution is -0.384. The first-order chi connectivity index (χ1) is 19.9. The van der Waals surface area contributed by atoms with Crippen molar-refractivity contribution in [2.45, 2.75) is 12.5 Å². The molecule has 1 N–H and O–H groups in total. The molecule has 4 aromatic rings. The number of amides is 1. The Balaban J connectivity index is 1.23. The van der Waals surface area contributed by atoms with Gasteiger partial charge in [0.05, 0.1) is 23.9 Å². The number of carbonyl (C=O) groups is 1. The van der Waals surface area contributed by atoms with Crippen LogP contribution in [0.15, 0.2) is 59.7 Å². The number of tetrazole rings is 1. The summed E-state index contributed by atoms with van der Waals surface area (Å²) in [5, 5.41) is 27.3. The van der Waals surface area contributed by atoms with Crippen LogP contribution in [0.3, 0.4) is 0 Å². The summed E-state index contributed by atoms with van der Waals surface area (Å²) in [5.41, 5.74) is 6.07. The number of benzene rings is 3. The standard InChI is InChI=1S/C27H24N8O6/c1-33-12-11-18-13-21-24(41-15-40-21)25(39-2)22(18)23(33)26-29-31-32-34(26)19-9-5-17(6-10-19)27(36)30-28-14-16-3-7-20(8-4-16)35(37)38/h3-10,13-14,23H,11-12,15H2,1-2H3,(H,30,36)/b28-14-/t23-/m0/s1. The largest absolute Gasteiger partial charge is 0.492 e. The van der Waals surface area contributed by atoms with Crippen molar-refractivity contribution < 1.29 is 23.9 Å². The fraction of sp³-hybridized carbons (Fsp3) is 0.222. The molecule has 14 heteroatoms. The number of rotatable bonds is 7. The second-order valence-electron chi connectivity index (χ2n) is 9.39. The van der Waals surface area contributed by atoms with Gasteiger partial charge in [-0.25, -0.2) is 5.43 Å². The Morgan fingerprint density at radius 1 is 1.20 bits per heavy atom. The quantitative estimate of drug-likeness (QED) is 0.204. The van der Waals surface area contributed by atoms with Crippen molar-refractivity contribution in [3.8, 4) is 22.9 Å². The van der Waals surface area contributed by atoms with Gasteiger partial charge in [0.25, 0.3) is 11.6 Å². The van der Waals surface area contributed by atoms with Crippen LogP contribution in [0.5, 0.6) is 17.2 Å². The van der Waals surface area contributed by atoms with Gasteiger partial charge < -0.3 is 14.2 Å². The van der Waals surface area contributed by atoms with Crippen molar-refractivity contribution in [3.63, 3.8) is 0 Å². The average molecular weight is 557 g/mol. The normalized spacial score (nSPS) is 16.0. The number of aromatic nitrogens is 4. The first-order valence-electron chi connectivity index (χ1n) is 12.6. The predicted octanol–water partition coefficient (Wildman–Crippen LogP) is 2.65. The highest BCUT2D eigenvalue weighted by Crippen LogP contribution is 2.50. The first kappa shape index (κ1) is 25.9. The molecule has 1 aromatic heterocycles. The summed E-state index contributed by atoms with van der Waals surface area (Å²) in [6.07, 6.45) is 2.20.